The van der Waals surface area contributed by atoms with Crippen molar-refractivity contribution in [2.24, 2.45) is 5.92 Å². The second kappa shape index (κ2) is 6.93. The van der Waals surface area contributed by atoms with Crippen LogP contribution in [0.5, 0.6) is 0 Å². The SMILES string of the molecule is CCC(NC(=O)Nc1ccc(C(=O)O)c(C)c1)C(C)C. The van der Waals surface area contributed by atoms with Gasteiger partial charge in [0.25, 0.3) is 0 Å². The quantitative estimate of drug-likeness (QED) is 0.773. The Hall–Kier alpha value is -2.04. The molecule has 0 heterocycles. The zero-order valence-corrected chi connectivity index (χ0v) is 12.4. The minimum Gasteiger partial charge on any atom is -0.478 e. The number of carboxylic acids is 1. The molecule has 0 saturated carbocycles. The molecule has 0 fully saturated rings. The number of anilines is 1. The monoisotopic (exact) mass is 278 g/mol. The summed E-state index contributed by atoms with van der Waals surface area (Å²) in [6.07, 6.45) is 0.863. The van der Waals surface area contributed by atoms with Gasteiger partial charge in [0, 0.05) is 11.7 Å². The zero-order valence-electron chi connectivity index (χ0n) is 12.4. The molecule has 20 heavy (non-hydrogen) atoms. The summed E-state index contributed by atoms with van der Waals surface area (Å²) in [4.78, 5) is 22.8. The maximum atomic E-state index is 11.9. The van der Waals surface area contributed by atoms with Crippen LogP contribution >= 0.6 is 0 Å². The van der Waals surface area contributed by atoms with Gasteiger partial charge in [-0.25, -0.2) is 9.59 Å². The van der Waals surface area contributed by atoms with Gasteiger partial charge in [-0.2, -0.15) is 0 Å². The Labute approximate surface area is 119 Å². The number of carbonyl (C=O) groups excluding carboxylic acids is 1. The van der Waals surface area contributed by atoms with E-state index in [2.05, 4.69) is 24.5 Å². The number of aryl methyl sites for hydroxylation is 1. The van der Waals surface area contributed by atoms with E-state index in [4.69, 9.17) is 5.11 Å². The van der Waals surface area contributed by atoms with Crippen molar-refractivity contribution in [3.05, 3.63) is 29.3 Å². The van der Waals surface area contributed by atoms with Crippen molar-refractivity contribution >= 4 is 17.7 Å². The van der Waals surface area contributed by atoms with Crippen molar-refractivity contribution in [2.45, 2.75) is 40.2 Å². The van der Waals surface area contributed by atoms with Crippen LogP contribution in [-0.2, 0) is 0 Å². The number of carbonyl (C=O) groups is 2. The number of aromatic carboxylic acids is 1. The van der Waals surface area contributed by atoms with Crippen LogP contribution in [0.2, 0.25) is 0 Å². The largest absolute Gasteiger partial charge is 0.478 e. The van der Waals surface area contributed by atoms with Gasteiger partial charge in [-0.05, 0) is 43.0 Å². The topological polar surface area (TPSA) is 78.4 Å². The van der Waals surface area contributed by atoms with Gasteiger partial charge in [0.2, 0.25) is 0 Å². The summed E-state index contributed by atoms with van der Waals surface area (Å²) in [5.74, 6) is -0.605. The first kappa shape index (κ1) is 16.0. The highest BCUT2D eigenvalue weighted by Crippen LogP contribution is 2.15. The first-order valence-corrected chi connectivity index (χ1v) is 6.76. The molecule has 1 aromatic rings. The Morgan fingerprint density at radius 3 is 2.40 bits per heavy atom. The minimum absolute atomic E-state index is 0.120. The summed E-state index contributed by atoms with van der Waals surface area (Å²) in [5, 5.41) is 14.6. The van der Waals surface area contributed by atoms with E-state index in [1.165, 1.54) is 6.07 Å². The third-order valence-corrected chi connectivity index (χ3v) is 3.28. The highest BCUT2D eigenvalue weighted by Gasteiger charge is 2.14. The van der Waals surface area contributed by atoms with Crippen LogP contribution in [0.15, 0.2) is 18.2 Å². The summed E-state index contributed by atoms with van der Waals surface area (Å²) in [6.45, 7) is 7.84. The maximum Gasteiger partial charge on any atom is 0.335 e. The van der Waals surface area contributed by atoms with Crippen LogP contribution in [0, 0.1) is 12.8 Å². The first-order chi connectivity index (χ1) is 9.35. The molecule has 1 aromatic carbocycles. The molecular formula is C15H22N2O3. The minimum atomic E-state index is -0.968. The third-order valence-electron chi connectivity index (χ3n) is 3.28. The number of nitrogens with one attached hydrogen (secondary N) is 2. The lowest BCUT2D eigenvalue weighted by Crippen LogP contribution is -2.40. The van der Waals surface area contributed by atoms with E-state index < -0.39 is 5.97 Å². The molecule has 0 aliphatic rings. The van der Waals surface area contributed by atoms with E-state index in [1.54, 1.807) is 19.1 Å². The molecule has 1 atom stereocenters. The van der Waals surface area contributed by atoms with Crippen molar-refractivity contribution in [3.63, 3.8) is 0 Å². The Balaban J connectivity index is 2.71. The van der Waals surface area contributed by atoms with Crippen molar-refractivity contribution in [3.8, 4) is 0 Å². The molecule has 5 nitrogen and oxygen atoms in total. The van der Waals surface area contributed by atoms with Gasteiger partial charge in [0.15, 0.2) is 0 Å². The Kier molecular flexibility index (Phi) is 5.55. The number of rotatable bonds is 5. The lowest BCUT2D eigenvalue weighted by molar-refractivity contribution is 0.0696. The van der Waals surface area contributed by atoms with Crippen LogP contribution in [-0.4, -0.2) is 23.1 Å². The molecule has 3 N–H and O–H groups in total. The smallest absolute Gasteiger partial charge is 0.335 e. The molecule has 5 heteroatoms. The third kappa shape index (κ3) is 4.26. The highest BCUT2D eigenvalue weighted by molar-refractivity contribution is 5.92. The molecule has 110 valence electrons. The standard InChI is InChI=1S/C15H22N2O3/c1-5-13(9(2)3)17-15(20)16-11-6-7-12(14(18)19)10(4)8-11/h6-9,13H,5H2,1-4H3,(H,18,19)(H2,16,17,20). The van der Waals surface area contributed by atoms with Crippen LogP contribution in [0.4, 0.5) is 10.5 Å². The second-order valence-corrected chi connectivity index (χ2v) is 5.19. The molecule has 0 aliphatic carbocycles. The highest BCUT2D eigenvalue weighted by atomic mass is 16.4. The zero-order chi connectivity index (χ0) is 15.3. The summed E-state index contributed by atoms with van der Waals surface area (Å²) < 4.78 is 0. The van der Waals surface area contributed by atoms with E-state index in [0.29, 0.717) is 17.2 Å². The van der Waals surface area contributed by atoms with E-state index in [9.17, 15) is 9.59 Å². The Morgan fingerprint density at radius 2 is 1.95 bits per heavy atom. The lowest BCUT2D eigenvalue weighted by atomic mass is 10.0. The molecule has 1 rings (SSSR count). The van der Waals surface area contributed by atoms with Gasteiger partial charge in [0.05, 0.1) is 5.56 Å². The summed E-state index contributed by atoms with van der Waals surface area (Å²) in [5.41, 5.74) is 1.44. The molecule has 0 aliphatic heterocycles. The van der Waals surface area contributed by atoms with Crippen molar-refractivity contribution in [1.29, 1.82) is 0 Å². The molecule has 0 spiro atoms. The van der Waals surface area contributed by atoms with Crippen LogP contribution in [0.25, 0.3) is 0 Å². The average molecular weight is 278 g/mol. The fraction of sp³-hybridized carbons (Fsp3) is 0.467. The number of carboxylic acid groups (broad SMARTS) is 1. The molecule has 2 amide bonds. The van der Waals surface area contributed by atoms with Gasteiger partial charge in [0.1, 0.15) is 0 Å². The second-order valence-electron chi connectivity index (χ2n) is 5.19. The van der Waals surface area contributed by atoms with Crippen molar-refractivity contribution in [1.82, 2.24) is 5.32 Å². The number of benzene rings is 1. The van der Waals surface area contributed by atoms with E-state index in [-0.39, 0.29) is 17.6 Å². The number of hydrogen-bond donors (Lipinski definition) is 3. The van der Waals surface area contributed by atoms with Crippen molar-refractivity contribution < 1.29 is 14.7 Å². The van der Waals surface area contributed by atoms with Crippen LogP contribution < -0.4 is 10.6 Å². The first-order valence-electron chi connectivity index (χ1n) is 6.76. The summed E-state index contributed by atoms with van der Waals surface area (Å²) in [6, 6.07) is 4.58. The molecule has 1 unspecified atom stereocenters. The predicted molar refractivity (Wildman–Crippen MR) is 79.2 cm³/mol. The predicted octanol–water partition coefficient (Wildman–Crippen LogP) is 3.25. The van der Waals surface area contributed by atoms with E-state index in [1.807, 2.05) is 6.92 Å². The van der Waals surface area contributed by atoms with Gasteiger partial charge in [-0.3, -0.25) is 0 Å². The van der Waals surface area contributed by atoms with Gasteiger partial charge in [-0.15, -0.1) is 0 Å². The molecule has 0 aromatic heterocycles. The van der Waals surface area contributed by atoms with E-state index in [0.717, 1.165) is 6.42 Å². The van der Waals surface area contributed by atoms with Crippen LogP contribution in [0.3, 0.4) is 0 Å². The fourth-order valence-corrected chi connectivity index (χ4v) is 2.06. The van der Waals surface area contributed by atoms with E-state index >= 15 is 0 Å². The Morgan fingerprint density at radius 1 is 1.30 bits per heavy atom. The molecule has 0 radical (unpaired) electrons. The molecule has 0 bridgehead atoms. The Bertz CT molecular complexity index is 498. The van der Waals surface area contributed by atoms with Crippen molar-refractivity contribution in [2.75, 3.05) is 5.32 Å². The number of amides is 2. The number of urea groups is 1. The van der Waals surface area contributed by atoms with Gasteiger partial charge >= 0.3 is 12.0 Å². The van der Waals surface area contributed by atoms with Crippen LogP contribution in [0.1, 0.15) is 43.1 Å². The molecule has 0 saturated heterocycles. The fourth-order valence-electron chi connectivity index (χ4n) is 2.06. The summed E-state index contributed by atoms with van der Waals surface area (Å²) in [7, 11) is 0. The van der Waals surface area contributed by atoms with Gasteiger partial charge in [-0.1, -0.05) is 20.8 Å². The lowest BCUT2D eigenvalue weighted by Gasteiger charge is -2.21. The maximum absolute atomic E-state index is 11.9. The normalized spacial score (nSPS) is 12.1. The number of hydrogen-bond acceptors (Lipinski definition) is 2. The molecular weight excluding hydrogens is 256 g/mol. The van der Waals surface area contributed by atoms with Gasteiger partial charge < -0.3 is 15.7 Å². The average Bonchev–Trinajstić information content (AvgIpc) is 2.35. The summed E-state index contributed by atoms with van der Waals surface area (Å²) >= 11 is 0.